The predicted molar refractivity (Wildman–Crippen MR) is 303 cm³/mol. The van der Waals surface area contributed by atoms with Gasteiger partial charge in [-0.2, -0.15) is 5.10 Å². The Morgan fingerprint density at radius 2 is 1.05 bits per heavy atom. The maximum absolute atomic E-state index is 14.1. The normalized spacial score (nSPS) is 11.1. The predicted octanol–water partition coefficient (Wildman–Crippen LogP) is 15.0. The summed E-state index contributed by atoms with van der Waals surface area (Å²) in [4.78, 5) is 55.5. The average molecular weight is 1050 g/mol. The average Bonchev–Trinajstić information content (AvgIpc) is 3.90. The van der Waals surface area contributed by atoms with E-state index >= 15 is 0 Å². The second-order valence-corrected chi connectivity index (χ2v) is 19.5. The molecule has 0 fully saturated rings. The van der Waals surface area contributed by atoms with Gasteiger partial charge in [0, 0.05) is 35.0 Å². The van der Waals surface area contributed by atoms with E-state index in [4.69, 9.17) is 38.5 Å². The maximum atomic E-state index is 14.1. The molecule has 0 atom stereocenters. The van der Waals surface area contributed by atoms with Crippen molar-refractivity contribution in [3.05, 3.63) is 145 Å². The number of hydrogen-bond acceptors (Lipinski definition) is 14. The molecule has 14 heteroatoms. The van der Waals surface area contributed by atoms with Crippen LogP contribution < -0.4 is 24.0 Å². The van der Waals surface area contributed by atoms with Gasteiger partial charge in [0.05, 0.1) is 54.0 Å². The molecule has 402 valence electrons. The van der Waals surface area contributed by atoms with Gasteiger partial charge in [0.1, 0.15) is 23.0 Å². The van der Waals surface area contributed by atoms with Crippen LogP contribution in [0.15, 0.2) is 134 Å². The van der Waals surface area contributed by atoms with Crippen molar-refractivity contribution in [1.82, 2.24) is 4.98 Å². The Balaban J connectivity index is 1.19. The van der Waals surface area contributed by atoms with Crippen LogP contribution in [0.4, 0.5) is 5.13 Å². The molecular formula is C62H73N3O10S. The highest BCUT2D eigenvalue weighted by atomic mass is 32.1. The summed E-state index contributed by atoms with van der Waals surface area (Å²) >= 11 is 1.56. The Bertz CT molecular complexity index is 2770. The van der Waals surface area contributed by atoms with E-state index in [1.165, 1.54) is 44.9 Å². The highest BCUT2D eigenvalue weighted by molar-refractivity contribution is 7.22. The summed E-state index contributed by atoms with van der Waals surface area (Å²) < 4.78 is 35.5. The summed E-state index contributed by atoms with van der Waals surface area (Å²) in [5, 5.41) is 8.81. The van der Waals surface area contributed by atoms with Crippen LogP contribution in [0.25, 0.3) is 21.0 Å². The topological polar surface area (TPSA) is 152 Å². The van der Waals surface area contributed by atoms with Gasteiger partial charge in [0.25, 0.3) is 0 Å². The van der Waals surface area contributed by atoms with Crippen LogP contribution in [0.2, 0.25) is 0 Å². The van der Waals surface area contributed by atoms with Crippen molar-refractivity contribution in [1.29, 1.82) is 0 Å². The first-order chi connectivity index (χ1) is 37.3. The Kier molecular flexibility index (Phi) is 25.1. The summed E-state index contributed by atoms with van der Waals surface area (Å²) in [5.41, 5.74) is 1.95. The molecule has 0 spiro atoms. The monoisotopic (exact) mass is 1050 g/mol. The molecule has 76 heavy (non-hydrogen) atoms. The number of hydrogen-bond donors (Lipinski definition) is 0. The lowest BCUT2D eigenvalue weighted by molar-refractivity contribution is -0.138. The molecule has 1 heterocycles. The molecule has 6 aromatic rings. The van der Waals surface area contributed by atoms with Gasteiger partial charge in [-0.1, -0.05) is 126 Å². The van der Waals surface area contributed by atoms with Crippen molar-refractivity contribution in [2.75, 3.05) is 38.0 Å². The standard InChI is InChI=1S/C62H73N3O10S/c1-4-7-8-9-10-11-12-13-14-23-40-65(62-64-54-30-21-22-31-56(54)76-62)63-46-49-45-55(74-60(68)47-32-36-50(37-33-47)70-41-24-15-17-26-43-72-57(66)5-2)52-28-19-20-29-53(52)59(49)75-61(69)48-34-38-51(39-35-48)71-42-25-16-18-27-44-73-58(67)6-3/h5-6,19-22,28-39,45-46H,2-4,7-18,23-27,40-44H2,1H3/b63-46+. The minimum absolute atomic E-state index is 0.254. The first-order valence-corrected chi connectivity index (χ1v) is 27.8. The quantitative estimate of drug-likeness (QED) is 0.00919. The number of aromatic nitrogens is 1. The van der Waals surface area contributed by atoms with Crippen LogP contribution in [0.5, 0.6) is 23.0 Å². The number of hydrazone groups is 1. The smallest absolute Gasteiger partial charge is 0.343 e. The molecule has 0 aliphatic carbocycles. The highest BCUT2D eigenvalue weighted by Crippen LogP contribution is 2.38. The number of benzene rings is 5. The zero-order valence-corrected chi connectivity index (χ0v) is 44.9. The summed E-state index contributed by atoms with van der Waals surface area (Å²) in [6.07, 6.45) is 22.8. The lowest BCUT2D eigenvalue weighted by Crippen LogP contribution is -2.18. The largest absolute Gasteiger partial charge is 0.494 e. The molecule has 0 amide bonds. The summed E-state index contributed by atoms with van der Waals surface area (Å²) in [6.45, 7) is 11.4. The summed E-state index contributed by atoms with van der Waals surface area (Å²) in [6, 6.07) is 30.7. The van der Waals surface area contributed by atoms with Gasteiger partial charge in [0.2, 0.25) is 5.13 Å². The van der Waals surface area contributed by atoms with E-state index in [9.17, 15) is 19.2 Å². The Morgan fingerprint density at radius 3 is 1.61 bits per heavy atom. The van der Waals surface area contributed by atoms with Gasteiger partial charge in [0.15, 0.2) is 0 Å². The Hall–Kier alpha value is -7.32. The van der Waals surface area contributed by atoms with Crippen LogP contribution in [-0.4, -0.2) is 68.0 Å². The molecule has 6 rings (SSSR count). The van der Waals surface area contributed by atoms with Crippen molar-refractivity contribution in [3.63, 3.8) is 0 Å². The van der Waals surface area contributed by atoms with Gasteiger partial charge >= 0.3 is 23.9 Å². The van der Waals surface area contributed by atoms with Gasteiger partial charge in [-0.05, 0) is 125 Å². The van der Waals surface area contributed by atoms with E-state index in [-0.39, 0.29) is 11.5 Å². The molecule has 0 N–H and O–H groups in total. The maximum Gasteiger partial charge on any atom is 0.343 e. The molecule has 0 radical (unpaired) electrons. The van der Waals surface area contributed by atoms with Gasteiger partial charge in [-0.3, -0.25) is 0 Å². The molecule has 1 aromatic heterocycles. The molecule has 5 aromatic carbocycles. The number of fused-ring (bicyclic) bond motifs is 2. The lowest BCUT2D eigenvalue weighted by atomic mass is 10.0. The second kappa shape index (κ2) is 32.9. The van der Waals surface area contributed by atoms with Crippen molar-refractivity contribution in [2.45, 2.75) is 122 Å². The van der Waals surface area contributed by atoms with Gasteiger partial charge in [-0.25, -0.2) is 29.2 Å². The molecule has 0 aliphatic heterocycles. The molecule has 0 aliphatic rings. The molecule has 0 bridgehead atoms. The fourth-order valence-electron chi connectivity index (χ4n) is 8.33. The van der Waals surface area contributed by atoms with Crippen molar-refractivity contribution >= 4 is 67.5 Å². The number of ether oxygens (including phenoxy) is 6. The first kappa shape index (κ1) is 57.9. The fourth-order valence-corrected chi connectivity index (χ4v) is 9.28. The van der Waals surface area contributed by atoms with E-state index in [2.05, 4.69) is 26.1 Å². The van der Waals surface area contributed by atoms with E-state index < -0.39 is 23.9 Å². The zero-order valence-electron chi connectivity index (χ0n) is 44.1. The van der Waals surface area contributed by atoms with Gasteiger partial charge in [-0.15, -0.1) is 0 Å². The van der Waals surface area contributed by atoms with Crippen molar-refractivity contribution in [3.8, 4) is 23.0 Å². The van der Waals surface area contributed by atoms with Crippen LogP contribution in [0, 0.1) is 0 Å². The minimum atomic E-state index is -0.588. The number of para-hydroxylation sites is 1. The fraction of sp³-hybridized carbons (Fsp3) is 0.387. The summed E-state index contributed by atoms with van der Waals surface area (Å²) in [5.74, 6) is -0.232. The Morgan fingerprint density at radius 1 is 0.566 bits per heavy atom. The SMILES string of the molecule is C=CC(=O)OCCCCCCOc1ccc(C(=O)Oc2cc(/C=N/N(CCCCCCCCCCCC)c3nc4ccccc4s3)c(OC(=O)c3ccc(OCCCCCCOC(=O)C=C)cc3)c3ccccc23)cc1. The molecular weight excluding hydrogens is 979 g/mol. The number of unbranched alkanes of at least 4 members (excludes halogenated alkanes) is 15. The third-order valence-electron chi connectivity index (χ3n) is 12.6. The molecule has 0 saturated heterocycles. The number of carbonyl (C=O) groups is 4. The summed E-state index contributed by atoms with van der Waals surface area (Å²) in [7, 11) is 0. The minimum Gasteiger partial charge on any atom is -0.494 e. The van der Waals surface area contributed by atoms with Crippen LogP contribution >= 0.6 is 11.3 Å². The lowest BCUT2D eigenvalue weighted by Gasteiger charge is -2.18. The third kappa shape index (κ3) is 19.4. The van der Waals surface area contributed by atoms with Crippen molar-refractivity contribution in [2.24, 2.45) is 5.10 Å². The molecule has 0 unspecified atom stereocenters. The number of carbonyl (C=O) groups excluding carboxylic acids is 4. The first-order valence-electron chi connectivity index (χ1n) is 27.0. The zero-order chi connectivity index (χ0) is 53.6. The van der Waals surface area contributed by atoms with Crippen LogP contribution in [0.3, 0.4) is 0 Å². The number of anilines is 1. The number of thiazole rings is 1. The van der Waals surface area contributed by atoms with E-state index in [1.54, 1.807) is 72.1 Å². The number of esters is 4. The Labute approximate surface area is 451 Å². The van der Waals surface area contributed by atoms with Crippen LogP contribution in [-0.2, 0) is 19.1 Å². The number of nitrogens with zero attached hydrogens (tertiary/aromatic N) is 3. The van der Waals surface area contributed by atoms with Crippen LogP contribution in [0.1, 0.15) is 149 Å². The molecule has 13 nitrogen and oxygen atoms in total. The van der Waals surface area contributed by atoms with Crippen molar-refractivity contribution < 1.29 is 47.6 Å². The number of rotatable bonds is 36. The third-order valence-corrected chi connectivity index (χ3v) is 13.6. The van der Waals surface area contributed by atoms with Gasteiger partial charge < -0.3 is 28.4 Å². The van der Waals surface area contributed by atoms with E-state index in [0.29, 0.717) is 71.9 Å². The molecule has 0 saturated carbocycles. The van der Waals surface area contributed by atoms with E-state index in [0.717, 1.165) is 98.1 Å². The second-order valence-electron chi connectivity index (χ2n) is 18.4. The highest BCUT2D eigenvalue weighted by Gasteiger charge is 2.21. The van der Waals surface area contributed by atoms with E-state index in [1.807, 2.05) is 47.5 Å².